The van der Waals surface area contributed by atoms with E-state index < -0.39 is 5.91 Å². The Kier molecular flexibility index (Phi) is 4.36. The van der Waals surface area contributed by atoms with Crippen LogP contribution in [-0.2, 0) is 7.05 Å². The van der Waals surface area contributed by atoms with Gasteiger partial charge in [-0.25, -0.2) is 23.9 Å². The second-order valence-electron chi connectivity index (χ2n) is 7.45. The quantitative estimate of drug-likeness (QED) is 0.472. The summed E-state index contributed by atoms with van der Waals surface area (Å²) in [5, 5.41) is 4.73. The summed E-state index contributed by atoms with van der Waals surface area (Å²) in [7, 11) is 1.91. The molecule has 0 spiro atoms. The van der Waals surface area contributed by atoms with Gasteiger partial charge in [0, 0.05) is 18.8 Å². The number of benzene rings is 1. The normalized spacial score (nSPS) is 11.4. The van der Waals surface area contributed by atoms with Crippen molar-refractivity contribution < 1.29 is 9.18 Å². The average Bonchev–Trinajstić information content (AvgIpc) is 3.43. The first-order valence-electron chi connectivity index (χ1n) is 9.84. The van der Waals surface area contributed by atoms with Crippen LogP contribution >= 0.6 is 0 Å². The Balaban J connectivity index is 1.63. The molecule has 0 saturated carbocycles. The molecule has 10 heteroatoms. The second kappa shape index (κ2) is 7.12. The van der Waals surface area contributed by atoms with E-state index in [1.807, 2.05) is 30.7 Å². The van der Waals surface area contributed by atoms with Gasteiger partial charge in [0.1, 0.15) is 28.9 Å². The molecule has 0 unspecified atom stereocenters. The number of imidazole rings is 3. The predicted octanol–water partition coefficient (Wildman–Crippen LogP) is 2.84. The number of halogens is 1. The number of hydrogen-bond acceptors (Lipinski definition) is 5. The highest BCUT2D eigenvalue weighted by molar-refractivity contribution is 5.90. The molecule has 0 aliphatic rings. The third kappa shape index (κ3) is 3.13. The number of carbonyl (C=O) groups excluding carboxylic acids is 1. The predicted molar refractivity (Wildman–Crippen MR) is 116 cm³/mol. The number of primary amides is 1. The van der Waals surface area contributed by atoms with E-state index in [0.29, 0.717) is 28.7 Å². The number of nitrogens with two attached hydrogens (primary N) is 1. The van der Waals surface area contributed by atoms with E-state index in [-0.39, 0.29) is 11.5 Å². The fourth-order valence-electron chi connectivity index (χ4n) is 3.65. The van der Waals surface area contributed by atoms with Gasteiger partial charge in [-0.15, -0.1) is 0 Å². The van der Waals surface area contributed by atoms with Gasteiger partial charge in [0.2, 0.25) is 0 Å². The van der Waals surface area contributed by atoms with Gasteiger partial charge in [0.15, 0.2) is 11.5 Å². The second-order valence-corrected chi connectivity index (χ2v) is 7.45. The van der Waals surface area contributed by atoms with Crippen molar-refractivity contribution in [2.75, 3.05) is 0 Å². The number of carbonyl (C=O) groups is 1. The van der Waals surface area contributed by atoms with Crippen molar-refractivity contribution in [1.29, 1.82) is 0 Å². The van der Waals surface area contributed by atoms with Crippen molar-refractivity contribution in [2.24, 2.45) is 12.8 Å². The minimum absolute atomic E-state index is 0.169. The lowest BCUT2D eigenvalue weighted by Gasteiger charge is -2.07. The van der Waals surface area contributed by atoms with Crippen LogP contribution in [0.3, 0.4) is 0 Å². The van der Waals surface area contributed by atoms with Crippen LogP contribution in [0.4, 0.5) is 4.39 Å². The van der Waals surface area contributed by atoms with E-state index in [1.54, 1.807) is 40.5 Å². The van der Waals surface area contributed by atoms with Gasteiger partial charge in [-0.3, -0.25) is 9.36 Å². The Morgan fingerprint density at radius 3 is 2.41 bits per heavy atom. The van der Waals surface area contributed by atoms with Gasteiger partial charge in [0.05, 0.1) is 17.6 Å². The van der Waals surface area contributed by atoms with E-state index in [1.165, 1.54) is 12.1 Å². The van der Waals surface area contributed by atoms with Crippen LogP contribution in [0, 0.1) is 19.7 Å². The Hall–Kier alpha value is -4.34. The molecule has 4 aromatic heterocycles. The van der Waals surface area contributed by atoms with Crippen LogP contribution in [0.1, 0.15) is 22.1 Å². The number of hydrogen-bond donors (Lipinski definition) is 1. The minimum atomic E-state index is -0.601. The fraction of sp³-hybridized carbons (Fsp3) is 0.136. The van der Waals surface area contributed by atoms with Crippen LogP contribution in [-0.4, -0.2) is 39.6 Å². The zero-order chi connectivity index (χ0) is 22.6. The highest BCUT2D eigenvalue weighted by Gasteiger charge is 2.19. The molecule has 5 rings (SSSR count). The number of aromatic nitrogens is 7. The Labute approximate surface area is 182 Å². The molecule has 1 amide bonds. The molecule has 2 N–H and O–H groups in total. The highest BCUT2D eigenvalue weighted by atomic mass is 19.1. The van der Waals surface area contributed by atoms with Gasteiger partial charge >= 0.3 is 0 Å². The third-order valence-electron chi connectivity index (χ3n) is 5.37. The molecule has 0 bridgehead atoms. The van der Waals surface area contributed by atoms with Crippen molar-refractivity contribution in [2.45, 2.75) is 13.8 Å². The van der Waals surface area contributed by atoms with Crippen LogP contribution in [0.25, 0.3) is 34.1 Å². The fourth-order valence-corrected chi connectivity index (χ4v) is 3.65. The van der Waals surface area contributed by atoms with Crippen molar-refractivity contribution in [1.82, 2.24) is 33.7 Å². The molecular formula is C22H19FN8O. The molecule has 4 heterocycles. The Morgan fingerprint density at radius 2 is 1.72 bits per heavy atom. The molecule has 0 saturated heterocycles. The van der Waals surface area contributed by atoms with E-state index in [0.717, 1.165) is 17.1 Å². The summed E-state index contributed by atoms with van der Waals surface area (Å²) < 4.78 is 18.7. The maximum absolute atomic E-state index is 13.4. The molecule has 0 aliphatic carbocycles. The lowest BCUT2D eigenvalue weighted by molar-refractivity contribution is 0.0996. The molecule has 32 heavy (non-hydrogen) atoms. The SMILES string of the molecule is Cc1nc(C(N)=O)cn1-c1cn2nc(-c3c(-c4ccc(F)cc4)nc(C)n3C)ccc2n1. The highest BCUT2D eigenvalue weighted by Crippen LogP contribution is 2.31. The monoisotopic (exact) mass is 430 g/mol. The topological polar surface area (TPSA) is 109 Å². The summed E-state index contributed by atoms with van der Waals surface area (Å²) in [4.78, 5) is 24.9. The molecule has 0 fully saturated rings. The van der Waals surface area contributed by atoms with Crippen LogP contribution < -0.4 is 5.73 Å². The third-order valence-corrected chi connectivity index (χ3v) is 5.37. The summed E-state index contributed by atoms with van der Waals surface area (Å²) in [6.45, 7) is 3.67. The maximum Gasteiger partial charge on any atom is 0.268 e. The van der Waals surface area contributed by atoms with E-state index >= 15 is 0 Å². The molecule has 0 aliphatic heterocycles. The molecule has 1 aromatic carbocycles. The standard InChI is InChI=1S/C22H19FN8O/c1-12-26-20(14-4-6-15(23)7-5-14)21(29(12)3)16-8-9-18-27-19(11-31(18)28-16)30-10-17(22(24)32)25-13(30)2/h4-11H,1-3H3,(H2,24,32). The first kappa shape index (κ1) is 19.6. The maximum atomic E-state index is 13.4. The lowest BCUT2D eigenvalue weighted by atomic mass is 10.1. The first-order valence-corrected chi connectivity index (χ1v) is 9.84. The van der Waals surface area contributed by atoms with Gasteiger partial charge in [-0.1, -0.05) is 0 Å². The molecule has 160 valence electrons. The van der Waals surface area contributed by atoms with Gasteiger partial charge in [-0.05, 0) is 50.2 Å². The smallest absolute Gasteiger partial charge is 0.268 e. The average molecular weight is 430 g/mol. The Bertz CT molecular complexity index is 1490. The van der Waals surface area contributed by atoms with Crippen molar-refractivity contribution >= 4 is 11.6 Å². The summed E-state index contributed by atoms with van der Waals surface area (Å²) in [5.74, 6) is 1.05. The summed E-state index contributed by atoms with van der Waals surface area (Å²) in [6, 6.07) is 9.94. The number of nitrogens with zero attached hydrogens (tertiary/aromatic N) is 7. The van der Waals surface area contributed by atoms with Crippen LogP contribution in [0.5, 0.6) is 0 Å². The number of fused-ring (bicyclic) bond motifs is 1. The molecule has 0 radical (unpaired) electrons. The molecule has 5 aromatic rings. The summed E-state index contributed by atoms with van der Waals surface area (Å²) >= 11 is 0. The molecular weight excluding hydrogens is 411 g/mol. The van der Waals surface area contributed by atoms with E-state index in [2.05, 4.69) is 15.0 Å². The number of rotatable bonds is 4. The van der Waals surface area contributed by atoms with Crippen molar-refractivity contribution in [3.63, 3.8) is 0 Å². The Morgan fingerprint density at radius 1 is 0.969 bits per heavy atom. The van der Waals surface area contributed by atoms with Gasteiger partial charge < -0.3 is 10.3 Å². The first-order chi connectivity index (χ1) is 15.3. The largest absolute Gasteiger partial charge is 0.364 e. The summed E-state index contributed by atoms with van der Waals surface area (Å²) in [5.41, 5.74) is 9.14. The van der Waals surface area contributed by atoms with E-state index in [9.17, 15) is 9.18 Å². The number of amides is 1. The van der Waals surface area contributed by atoms with Crippen molar-refractivity contribution in [3.05, 3.63) is 72.0 Å². The molecule has 0 atom stereocenters. The zero-order valence-corrected chi connectivity index (χ0v) is 17.6. The van der Waals surface area contributed by atoms with Crippen LogP contribution in [0.15, 0.2) is 48.8 Å². The van der Waals surface area contributed by atoms with Crippen molar-refractivity contribution in [3.8, 4) is 28.5 Å². The van der Waals surface area contributed by atoms with Gasteiger partial charge in [0.25, 0.3) is 5.91 Å². The van der Waals surface area contributed by atoms with Gasteiger partial charge in [-0.2, -0.15) is 5.10 Å². The lowest BCUT2D eigenvalue weighted by Crippen LogP contribution is -2.11. The minimum Gasteiger partial charge on any atom is -0.364 e. The van der Waals surface area contributed by atoms with Crippen LogP contribution in [0.2, 0.25) is 0 Å². The molecule has 9 nitrogen and oxygen atoms in total. The zero-order valence-electron chi connectivity index (χ0n) is 17.6. The number of aryl methyl sites for hydroxylation is 2. The van der Waals surface area contributed by atoms with E-state index in [4.69, 9.17) is 10.8 Å². The summed E-state index contributed by atoms with van der Waals surface area (Å²) in [6.07, 6.45) is 3.30.